The second-order valence-electron chi connectivity index (χ2n) is 2.41. The Morgan fingerprint density at radius 2 is 2.33 bits per heavy atom. The lowest BCUT2D eigenvalue weighted by Gasteiger charge is -2.25. The van der Waals surface area contributed by atoms with Crippen molar-refractivity contribution in [3.05, 3.63) is 11.6 Å². The van der Waals surface area contributed by atoms with Crippen LogP contribution >= 0.6 is 31.9 Å². The van der Waals surface area contributed by atoms with Crippen molar-refractivity contribution in [3.63, 3.8) is 0 Å². The van der Waals surface area contributed by atoms with E-state index in [1.165, 1.54) is 18.4 Å². The Morgan fingerprint density at radius 3 is 2.67 bits per heavy atom. The zero-order valence-electron chi connectivity index (χ0n) is 5.40. The van der Waals surface area contributed by atoms with Crippen molar-refractivity contribution in [2.75, 3.05) is 0 Å². The second-order valence-corrected chi connectivity index (χ2v) is 5.47. The third kappa shape index (κ3) is 1.81. The molecule has 0 fully saturated rings. The summed E-state index contributed by atoms with van der Waals surface area (Å²) in [5.41, 5.74) is 1.50. The van der Waals surface area contributed by atoms with Crippen LogP contribution in [0.3, 0.4) is 0 Å². The highest BCUT2D eigenvalue weighted by molar-refractivity contribution is 9.24. The lowest BCUT2D eigenvalue weighted by Crippen LogP contribution is -2.12. The molecule has 0 aromatic heterocycles. The average molecular weight is 254 g/mol. The van der Waals surface area contributed by atoms with Gasteiger partial charge in [-0.3, -0.25) is 0 Å². The maximum absolute atomic E-state index is 3.46. The fraction of sp³-hybridized carbons (Fsp3) is 0.714. The van der Waals surface area contributed by atoms with Gasteiger partial charge in [0.2, 0.25) is 0 Å². The molecule has 1 unspecified atom stereocenters. The standard InChI is InChI=1S/C7H10Br2/c1-2-5-3-6(4-5)7(8)9/h3,5,7H,2,4H2,1H3. The predicted molar refractivity (Wildman–Crippen MR) is 48.1 cm³/mol. The fourth-order valence-corrected chi connectivity index (χ4v) is 1.68. The quantitative estimate of drug-likeness (QED) is 0.522. The average Bonchev–Trinajstić information content (AvgIpc) is 1.61. The van der Waals surface area contributed by atoms with Crippen LogP contribution in [-0.4, -0.2) is 3.74 Å². The Labute approximate surface area is 73.0 Å². The van der Waals surface area contributed by atoms with Crippen LogP contribution < -0.4 is 0 Å². The maximum Gasteiger partial charge on any atom is 0.0906 e. The van der Waals surface area contributed by atoms with Gasteiger partial charge in [-0.1, -0.05) is 44.9 Å². The zero-order chi connectivity index (χ0) is 6.85. The highest BCUT2D eigenvalue weighted by Crippen LogP contribution is 2.35. The lowest BCUT2D eigenvalue weighted by atomic mass is 9.86. The van der Waals surface area contributed by atoms with E-state index in [1.54, 1.807) is 0 Å². The van der Waals surface area contributed by atoms with Crippen LogP contribution in [0.4, 0.5) is 0 Å². The van der Waals surface area contributed by atoms with Gasteiger partial charge in [0, 0.05) is 0 Å². The number of alkyl halides is 2. The van der Waals surface area contributed by atoms with Gasteiger partial charge >= 0.3 is 0 Å². The maximum atomic E-state index is 3.46. The molecule has 9 heavy (non-hydrogen) atoms. The van der Waals surface area contributed by atoms with E-state index in [4.69, 9.17) is 0 Å². The van der Waals surface area contributed by atoms with E-state index in [0.717, 1.165) is 5.92 Å². The molecular formula is C7H10Br2. The number of hydrogen-bond acceptors (Lipinski definition) is 0. The summed E-state index contributed by atoms with van der Waals surface area (Å²) >= 11 is 6.91. The van der Waals surface area contributed by atoms with Gasteiger partial charge in [0.25, 0.3) is 0 Å². The van der Waals surface area contributed by atoms with E-state index in [1.807, 2.05) is 0 Å². The summed E-state index contributed by atoms with van der Waals surface area (Å²) < 4.78 is 0.424. The SMILES string of the molecule is CCC1C=C(C(Br)Br)C1. The second kappa shape index (κ2) is 3.20. The topological polar surface area (TPSA) is 0 Å². The third-order valence-electron chi connectivity index (χ3n) is 1.75. The Kier molecular flexibility index (Phi) is 2.77. The van der Waals surface area contributed by atoms with Gasteiger partial charge in [-0.2, -0.15) is 0 Å². The minimum Gasteiger partial charge on any atom is -0.0799 e. The molecule has 0 bridgehead atoms. The van der Waals surface area contributed by atoms with Crippen LogP contribution in [0.5, 0.6) is 0 Å². The van der Waals surface area contributed by atoms with Gasteiger partial charge in [-0.15, -0.1) is 0 Å². The molecule has 1 aliphatic carbocycles. The van der Waals surface area contributed by atoms with Crippen LogP contribution in [0.25, 0.3) is 0 Å². The van der Waals surface area contributed by atoms with E-state index in [0.29, 0.717) is 3.74 Å². The van der Waals surface area contributed by atoms with Crippen molar-refractivity contribution in [2.24, 2.45) is 5.92 Å². The van der Waals surface area contributed by atoms with Gasteiger partial charge in [-0.05, 0) is 24.3 Å². The third-order valence-corrected chi connectivity index (χ3v) is 2.93. The van der Waals surface area contributed by atoms with Crippen molar-refractivity contribution >= 4 is 31.9 Å². The molecule has 0 aliphatic heterocycles. The van der Waals surface area contributed by atoms with E-state index < -0.39 is 0 Å². The Hall–Kier alpha value is 0.700. The van der Waals surface area contributed by atoms with Crippen LogP contribution in [-0.2, 0) is 0 Å². The molecule has 1 atom stereocenters. The Morgan fingerprint density at radius 1 is 1.78 bits per heavy atom. The summed E-state index contributed by atoms with van der Waals surface area (Å²) in [4.78, 5) is 0. The smallest absolute Gasteiger partial charge is 0.0799 e. The molecule has 0 radical (unpaired) electrons. The predicted octanol–water partition coefficient (Wildman–Crippen LogP) is 3.46. The van der Waals surface area contributed by atoms with Crippen LogP contribution in [0, 0.1) is 5.92 Å². The molecule has 0 saturated heterocycles. The summed E-state index contributed by atoms with van der Waals surface area (Å²) in [5.74, 6) is 0.859. The largest absolute Gasteiger partial charge is 0.0906 e. The molecule has 0 nitrogen and oxygen atoms in total. The minimum atomic E-state index is 0.424. The summed E-state index contributed by atoms with van der Waals surface area (Å²) in [5, 5.41) is 0. The highest BCUT2D eigenvalue weighted by atomic mass is 79.9. The van der Waals surface area contributed by atoms with Crippen molar-refractivity contribution in [3.8, 4) is 0 Å². The number of allylic oxidation sites excluding steroid dienone is 2. The van der Waals surface area contributed by atoms with Gasteiger partial charge < -0.3 is 0 Å². The summed E-state index contributed by atoms with van der Waals surface area (Å²) in [6, 6.07) is 0. The molecule has 0 saturated carbocycles. The van der Waals surface area contributed by atoms with E-state index in [2.05, 4.69) is 44.9 Å². The molecule has 0 aromatic rings. The molecule has 52 valence electrons. The first-order valence-corrected chi connectivity index (χ1v) is 5.06. The summed E-state index contributed by atoms with van der Waals surface area (Å²) in [6.07, 6.45) is 4.90. The minimum absolute atomic E-state index is 0.424. The molecule has 1 rings (SSSR count). The zero-order valence-corrected chi connectivity index (χ0v) is 8.57. The number of hydrogen-bond donors (Lipinski definition) is 0. The van der Waals surface area contributed by atoms with Gasteiger partial charge in [0.1, 0.15) is 0 Å². The van der Waals surface area contributed by atoms with Gasteiger partial charge in [0.15, 0.2) is 0 Å². The number of rotatable bonds is 2. The Bertz CT molecular complexity index is 127. The molecule has 2 heteroatoms. The van der Waals surface area contributed by atoms with Crippen molar-refractivity contribution in [2.45, 2.75) is 23.5 Å². The first kappa shape index (κ1) is 7.80. The van der Waals surface area contributed by atoms with E-state index in [9.17, 15) is 0 Å². The first-order chi connectivity index (χ1) is 4.24. The molecule has 0 aromatic carbocycles. The van der Waals surface area contributed by atoms with Crippen LogP contribution in [0.2, 0.25) is 0 Å². The molecule has 0 amide bonds. The van der Waals surface area contributed by atoms with Crippen molar-refractivity contribution in [1.82, 2.24) is 0 Å². The molecule has 1 aliphatic rings. The monoisotopic (exact) mass is 252 g/mol. The fourth-order valence-electron chi connectivity index (χ4n) is 0.996. The summed E-state index contributed by atoms with van der Waals surface area (Å²) in [6.45, 7) is 2.23. The van der Waals surface area contributed by atoms with Crippen LogP contribution in [0.1, 0.15) is 19.8 Å². The Balaban J connectivity index is 2.35. The van der Waals surface area contributed by atoms with Crippen molar-refractivity contribution < 1.29 is 0 Å². The van der Waals surface area contributed by atoms with Crippen LogP contribution in [0.15, 0.2) is 11.6 Å². The first-order valence-electron chi connectivity index (χ1n) is 3.22. The number of halogens is 2. The molecule has 0 N–H and O–H groups in total. The molecule has 0 spiro atoms. The lowest BCUT2D eigenvalue weighted by molar-refractivity contribution is 0.559. The van der Waals surface area contributed by atoms with E-state index in [-0.39, 0.29) is 0 Å². The molecule has 0 heterocycles. The van der Waals surface area contributed by atoms with Gasteiger partial charge in [-0.25, -0.2) is 0 Å². The normalized spacial score (nSPS) is 25.8. The van der Waals surface area contributed by atoms with E-state index >= 15 is 0 Å². The highest BCUT2D eigenvalue weighted by Gasteiger charge is 2.20. The van der Waals surface area contributed by atoms with Crippen molar-refractivity contribution in [1.29, 1.82) is 0 Å². The van der Waals surface area contributed by atoms with Gasteiger partial charge in [0.05, 0.1) is 3.74 Å². The summed E-state index contributed by atoms with van der Waals surface area (Å²) in [7, 11) is 0. The molecular weight excluding hydrogens is 244 g/mol.